The fourth-order valence-corrected chi connectivity index (χ4v) is 2.75. The molecule has 1 aromatic rings. The summed E-state index contributed by atoms with van der Waals surface area (Å²) in [6.45, 7) is 12.5. The lowest BCUT2D eigenvalue weighted by Gasteiger charge is -2.07. The van der Waals surface area contributed by atoms with E-state index in [4.69, 9.17) is 9.47 Å². The third-order valence-corrected chi connectivity index (χ3v) is 3.83. The van der Waals surface area contributed by atoms with Crippen LogP contribution in [0.25, 0.3) is 0 Å². The average Bonchev–Trinajstić information content (AvgIpc) is 2.70. The van der Waals surface area contributed by atoms with Gasteiger partial charge in [-0.25, -0.2) is 0 Å². The van der Waals surface area contributed by atoms with Crippen molar-refractivity contribution in [2.75, 3.05) is 19.8 Å². The zero-order valence-corrected chi connectivity index (χ0v) is 13.4. The number of rotatable bonds is 10. The van der Waals surface area contributed by atoms with Crippen LogP contribution in [0.2, 0.25) is 0 Å². The normalized spacial score (nSPS) is 11.4. The number of hydrogen-bond acceptors (Lipinski definition) is 4. The number of nitrogens with one attached hydrogen (secondary N) is 1. The maximum absolute atomic E-state index is 5.65. The summed E-state index contributed by atoms with van der Waals surface area (Å²) in [4.78, 5) is 2.75. The lowest BCUT2D eigenvalue weighted by atomic mass is 10.2. The molecule has 0 bridgehead atoms. The molecule has 0 saturated carbocycles. The molecule has 3 nitrogen and oxygen atoms in total. The Balaban J connectivity index is 2.25. The van der Waals surface area contributed by atoms with Crippen LogP contribution in [0.1, 0.15) is 42.5 Å². The van der Waals surface area contributed by atoms with Gasteiger partial charge in [0.1, 0.15) is 0 Å². The molecule has 1 heterocycles. The molecule has 0 amide bonds. The minimum atomic E-state index is 0.280. The van der Waals surface area contributed by atoms with Gasteiger partial charge >= 0.3 is 0 Å². The minimum Gasteiger partial charge on any atom is -0.376 e. The van der Waals surface area contributed by atoms with Crippen LogP contribution in [0.15, 0.2) is 6.07 Å². The van der Waals surface area contributed by atoms with Crippen LogP contribution in [0, 0.1) is 6.92 Å². The molecule has 0 saturated heterocycles. The standard InChI is InChI=1S/C15H27NO2S/c1-5-6-16-10-15-9-14(13(4)19-15)11-17-7-8-18-12(2)3/h9,12,16H,5-8,10-11H2,1-4H3. The van der Waals surface area contributed by atoms with E-state index in [0.717, 1.165) is 13.1 Å². The Bertz CT molecular complexity index is 350. The van der Waals surface area contributed by atoms with E-state index in [2.05, 4.69) is 25.2 Å². The highest BCUT2D eigenvalue weighted by Gasteiger charge is 2.05. The van der Waals surface area contributed by atoms with E-state index in [0.29, 0.717) is 19.8 Å². The summed E-state index contributed by atoms with van der Waals surface area (Å²) in [5.41, 5.74) is 1.31. The van der Waals surface area contributed by atoms with Gasteiger partial charge in [-0.2, -0.15) is 0 Å². The molecule has 110 valence electrons. The zero-order valence-electron chi connectivity index (χ0n) is 12.6. The molecule has 0 aromatic carbocycles. The molecular formula is C15H27NO2S. The smallest absolute Gasteiger partial charge is 0.0728 e. The molecule has 0 aliphatic rings. The molecule has 1 N–H and O–H groups in total. The van der Waals surface area contributed by atoms with Crippen LogP contribution in [-0.2, 0) is 22.6 Å². The first-order valence-corrected chi connectivity index (χ1v) is 7.93. The maximum atomic E-state index is 5.65. The van der Waals surface area contributed by atoms with Crippen molar-refractivity contribution >= 4 is 11.3 Å². The maximum Gasteiger partial charge on any atom is 0.0728 e. The van der Waals surface area contributed by atoms with Crippen LogP contribution in [0.4, 0.5) is 0 Å². The van der Waals surface area contributed by atoms with Gasteiger partial charge < -0.3 is 14.8 Å². The van der Waals surface area contributed by atoms with E-state index in [-0.39, 0.29) is 6.10 Å². The topological polar surface area (TPSA) is 30.5 Å². The van der Waals surface area contributed by atoms with Crippen molar-refractivity contribution in [3.63, 3.8) is 0 Å². The van der Waals surface area contributed by atoms with Gasteiger partial charge in [-0.3, -0.25) is 0 Å². The Morgan fingerprint density at radius 3 is 2.79 bits per heavy atom. The molecule has 1 rings (SSSR count). The second kappa shape index (κ2) is 9.48. The fraction of sp³-hybridized carbons (Fsp3) is 0.733. The molecule has 19 heavy (non-hydrogen) atoms. The SMILES string of the molecule is CCCNCc1cc(COCCOC(C)C)c(C)s1. The van der Waals surface area contributed by atoms with Gasteiger partial charge in [0.25, 0.3) is 0 Å². The van der Waals surface area contributed by atoms with Crippen molar-refractivity contribution in [1.82, 2.24) is 5.32 Å². The third-order valence-electron chi connectivity index (χ3n) is 2.73. The summed E-state index contributed by atoms with van der Waals surface area (Å²) >= 11 is 1.86. The second-order valence-electron chi connectivity index (χ2n) is 4.94. The van der Waals surface area contributed by atoms with Gasteiger partial charge in [0.2, 0.25) is 0 Å². The summed E-state index contributed by atoms with van der Waals surface area (Å²) in [6, 6.07) is 2.26. The van der Waals surface area contributed by atoms with Crippen LogP contribution in [0.3, 0.4) is 0 Å². The Kier molecular flexibility index (Phi) is 8.30. The first-order valence-electron chi connectivity index (χ1n) is 7.11. The van der Waals surface area contributed by atoms with Crippen LogP contribution in [-0.4, -0.2) is 25.9 Å². The van der Waals surface area contributed by atoms with E-state index in [9.17, 15) is 0 Å². The summed E-state index contributed by atoms with van der Waals surface area (Å²) in [5, 5.41) is 3.43. The molecule has 4 heteroatoms. The van der Waals surface area contributed by atoms with Crippen LogP contribution >= 0.6 is 11.3 Å². The Labute approximate surface area is 121 Å². The largest absolute Gasteiger partial charge is 0.376 e. The highest BCUT2D eigenvalue weighted by atomic mass is 32.1. The monoisotopic (exact) mass is 285 g/mol. The summed E-state index contributed by atoms with van der Waals surface area (Å²) in [6.07, 6.45) is 1.46. The van der Waals surface area contributed by atoms with Crippen molar-refractivity contribution in [1.29, 1.82) is 0 Å². The van der Waals surface area contributed by atoms with Crippen molar-refractivity contribution in [3.05, 3.63) is 21.4 Å². The van der Waals surface area contributed by atoms with E-state index in [1.165, 1.54) is 21.7 Å². The van der Waals surface area contributed by atoms with E-state index in [1.54, 1.807) is 0 Å². The predicted molar refractivity (Wildman–Crippen MR) is 81.8 cm³/mol. The number of hydrogen-bond donors (Lipinski definition) is 1. The molecule has 0 aliphatic heterocycles. The van der Waals surface area contributed by atoms with Gasteiger partial charge in [0, 0.05) is 16.3 Å². The lowest BCUT2D eigenvalue weighted by Crippen LogP contribution is -2.12. The number of aryl methyl sites for hydroxylation is 1. The zero-order chi connectivity index (χ0) is 14.1. The third kappa shape index (κ3) is 7.06. The molecule has 0 unspecified atom stereocenters. The van der Waals surface area contributed by atoms with Crippen molar-refractivity contribution in [2.24, 2.45) is 0 Å². The van der Waals surface area contributed by atoms with Gasteiger partial charge in [-0.15, -0.1) is 11.3 Å². The van der Waals surface area contributed by atoms with E-state index in [1.807, 2.05) is 25.2 Å². The number of ether oxygens (including phenoxy) is 2. The first kappa shape index (κ1) is 16.6. The molecule has 0 radical (unpaired) electrons. The highest BCUT2D eigenvalue weighted by molar-refractivity contribution is 7.12. The van der Waals surface area contributed by atoms with Gasteiger partial charge in [0.05, 0.1) is 25.9 Å². The Hall–Kier alpha value is -0.420. The molecule has 0 spiro atoms. The number of thiophene rings is 1. The lowest BCUT2D eigenvalue weighted by molar-refractivity contribution is 0.0142. The van der Waals surface area contributed by atoms with Crippen molar-refractivity contribution in [3.8, 4) is 0 Å². The quantitative estimate of drug-likeness (QED) is 0.667. The van der Waals surface area contributed by atoms with E-state index < -0.39 is 0 Å². The molecular weight excluding hydrogens is 258 g/mol. The van der Waals surface area contributed by atoms with Gasteiger partial charge in [-0.1, -0.05) is 6.92 Å². The summed E-state index contributed by atoms with van der Waals surface area (Å²) in [5.74, 6) is 0. The Morgan fingerprint density at radius 1 is 1.32 bits per heavy atom. The molecule has 0 atom stereocenters. The Morgan fingerprint density at radius 2 is 2.11 bits per heavy atom. The summed E-state index contributed by atoms with van der Waals surface area (Å²) in [7, 11) is 0. The first-order chi connectivity index (χ1) is 9.13. The minimum absolute atomic E-state index is 0.280. The fourth-order valence-electron chi connectivity index (χ4n) is 1.73. The molecule has 0 aliphatic carbocycles. The van der Waals surface area contributed by atoms with Crippen LogP contribution < -0.4 is 5.32 Å². The van der Waals surface area contributed by atoms with Gasteiger partial charge in [-0.05, 0) is 45.4 Å². The van der Waals surface area contributed by atoms with Crippen molar-refractivity contribution in [2.45, 2.75) is 53.4 Å². The molecule has 0 fully saturated rings. The highest BCUT2D eigenvalue weighted by Crippen LogP contribution is 2.22. The average molecular weight is 285 g/mol. The van der Waals surface area contributed by atoms with Crippen molar-refractivity contribution < 1.29 is 9.47 Å². The van der Waals surface area contributed by atoms with Crippen LogP contribution in [0.5, 0.6) is 0 Å². The summed E-state index contributed by atoms with van der Waals surface area (Å²) < 4.78 is 11.1. The predicted octanol–water partition coefficient (Wildman–Crippen LogP) is 3.50. The van der Waals surface area contributed by atoms with Gasteiger partial charge in [0.15, 0.2) is 0 Å². The van der Waals surface area contributed by atoms with E-state index >= 15 is 0 Å². The molecule has 1 aromatic heterocycles. The second-order valence-corrected chi connectivity index (χ2v) is 6.28.